The maximum absolute atomic E-state index is 4.65. The van der Waals surface area contributed by atoms with E-state index in [2.05, 4.69) is 33.3 Å². The number of nitrogens with zero attached hydrogens (tertiary/aromatic N) is 1. The third-order valence-corrected chi connectivity index (χ3v) is 4.38. The van der Waals surface area contributed by atoms with E-state index in [1.54, 1.807) is 11.3 Å². The van der Waals surface area contributed by atoms with Gasteiger partial charge in [-0.1, -0.05) is 0 Å². The predicted octanol–water partition coefficient (Wildman–Crippen LogP) is 3.82. The second-order valence-electron chi connectivity index (χ2n) is 3.66. The number of thiophene rings is 2. The Morgan fingerprint density at radius 3 is 3.00 bits per heavy atom. The number of rotatable bonds is 2. The number of halogens is 1. The Hall–Kier alpha value is -0.640. The van der Waals surface area contributed by atoms with Gasteiger partial charge in [-0.15, -0.1) is 23.7 Å². The summed E-state index contributed by atoms with van der Waals surface area (Å²) in [6, 6.07) is 4.43. The minimum absolute atomic E-state index is 0. The summed E-state index contributed by atoms with van der Waals surface area (Å²) in [5.74, 6) is 0. The van der Waals surface area contributed by atoms with Gasteiger partial charge in [0.25, 0.3) is 0 Å². The minimum Gasteiger partial charge on any atom is -0.288 e. The second kappa shape index (κ2) is 5.13. The van der Waals surface area contributed by atoms with Crippen molar-refractivity contribution in [2.75, 3.05) is 6.54 Å². The van der Waals surface area contributed by atoms with Crippen LogP contribution in [0, 0.1) is 0 Å². The first-order chi connectivity index (χ1) is 7.43. The molecule has 84 valence electrons. The molecule has 3 rings (SSSR count). The van der Waals surface area contributed by atoms with Gasteiger partial charge in [0.2, 0.25) is 0 Å². The van der Waals surface area contributed by atoms with Gasteiger partial charge in [-0.2, -0.15) is 11.3 Å². The first-order valence-corrected chi connectivity index (χ1v) is 6.87. The molecule has 0 unspecified atom stereocenters. The zero-order valence-corrected chi connectivity index (χ0v) is 11.1. The number of hydrogen-bond acceptors (Lipinski definition) is 3. The molecule has 2 aromatic heterocycles. The zero-order valence-electron chi connectivity index (χ0n) is 8.68. The van der Waals surface area contributed by atoms with Crippen LogP contribution in [0.4, 0.5) is 0 Å². The molecule has 2 aromatic rings. The summed E-state index contributed by atoms with van der Waals surface area (Å²) in [5, 5.41) is 6.53. The van der Waals surface area contributed by atoms with E-state index in [4.69, 9.17) is 0 Å². The van der Waals surface area contributed by atoms with Crippen LogP contribution >= 0.6 is 35.1 Å². The lowest BCUT2D eigenvalue weighted by molar-refractivity contribution is 0.944. The molecule has 1 aliphatic heterocycles. The molecule has 0 radical (unpaired) electrons. The van der Waals surface area contributed by atoms with Crippen molar-refractivity contribution in [2.24, 2.45) is 4.99 Å². The Morgan fingerprint density at radius 1 is 1.25 bits per heavy atom. The molecule has 0 bridgehead atoms. The number of fused-ring (bicyclic) bond motifs is 1. The summed E-state index contributed by atoms with van der Waals surface area (Å²) >= 11 is 3.59. The molecule has 0 saturated carbocycles. The van der Waals surface area contributed by atoms with Crippen molar-refractivity contribution in [2.45, 2.75) is 12.8 Å². The van der Waals surface area contributed by atoms with E-state index in [1.165, 1.54) is 21.7 Å². The van der Waals surface area contributed by atoms with Crippen molar-refractivity contribution >= 4 is 40.8 Å². The highest BCUT2D eigenvalue weighted by Gasteiger charge is 2.15. The van der Waals surface area contributed by atoms with Gasteiger partial charge >= 0.3 is 0 Å². The SMILES string of the molecule is Cl.c1cc(CC2=NCCc3ccsc32)cs1. The quantitative estimate of drug-likeness (QED) is 0.786. The molecule has 16 heavy (non-hydrogen) atoms. The molecule has 0 amide bonds. The fourth-order valence-electron chi connectivity index (χ4n) is 1.89. The molecule has 0 atom stereocenters. The lowest BCUT2D eigenvalue weighted by Crippen LogP contribution is -2.12. The van der Waals surface area contributed by atoms with Crippen LogP contribution in [-0.2, 0) is 12.8 Å². The van der Waals surface area contributed by atoms with E-state index in [0.29, 0.717) is 0 Å². The first kappa shape index (κ1) is 11.8. The molecular formula is C12H12ClNS2. The largest absolute Gasteiger partial charge is 0.288 e. The van der Waals surface area contributed by atoms with Crippen LogP contribution in [0.1, 0.15) is 16.0 Å². The molecule has 4 heteroatoms. The molecule has 0 aromatic carbocycles. The van der Waals surface area contributed by atoms with Gasteiger partial charge in [-0.25, -0.2) is 0 Å². The van der Waals surface area contributed by atoms with Crippen molar-refractivity contribution in [3.8, 4) is 0 Å². The average molecular weight is 270 g/mol. The van der Waals surface area contributed by atoms with Gasteiger partial charge in [0.15, 0.2) is 0 Å². The van der Waals surface area contributed by atoms with E-state index < -0.39 is 0 Å². The highest BCUT2D eigenvalue weighted by atomic mass is 35.5. The van der Waals surface area contributed by atoms with Crippen molar-refractivity contribution in [3.05, 3.63) is 44.3 Å². The van der Waals surface area contributed by atoms with Crippen molar-refractivity contribution < 1.29 is 0 Å². The summed E-state index contributed by atoms with van der Waals surface area (Å²) in [5.41, 5.74) is 4.16. The monoisotopic (exact) mass is 269 g/mol. The van der Waals surface area contributed by atoms with Crippen molar-refractivity contribution in [3.63, 3.8) is 0 Å². The lowest BCUT2D eigenvalue weighted by Gasteiger charge is -2.11. The smallest absolute Gasteiger partial charge is 0.0567 e. The Balaban J connectivity index is 0.000000963. The summed E-state index contributed by atoms with van der Waals surface area (Å²) in [6.45, 7) is 0.962. The first-order valence-electron chi connectivity index (χ1n) is 5.04. The minimum atomic E-state index is 0. The number of aliphatic imine (C=N–C) groups is 1. The molecular weight excluding hydrogens is 258 g/mol. The standard InChI is InChI=1S/C12H11NS2.ClH/c1-4-13-11(7-9-2-5-14-8-9)12-10(1)3-6-15-12;/h2-3,5-6,8H,1,4,7H2;1H. The Bertz CT molecular complexity index is 485. The van der Waals surface area contributed by atoms with E-state index in [0.717, 1.165) is 19.4 Å². The summed E-state index contributed by atoms with van der Waals surface area (Å²) in [6.07, 6.45) is 2.11. The van der Waals surface area contributed by atoms with Crippen LogP contribution in [0.15, 0.2) is 33.3 Å². The van der Waals surface area contributed by atoms with Crippen LogP contribution in [-0.4, -0.2) is 12.3 Å². The van der Waals surface area contributed by atoms with Gasteiger partial charge in [0.05, 0.1) is 10.6 Å². The van der Waals surface area contributed by atoms with Gasteiger partial charge in [-0.05, 0) is 45.8 Å². The van der Waals surface area contributed by atoms with E-state index in [-0.39, 0.29) is 12.4 Å². The van der Waals surface area contributed by atoms with E-state index in [9.17, 15) is 0 Å². The third-order valence-electron chi connectivity index (χ3n) is 2.64. The van der Waals surface area contributed by atoms with Gasteiger partial charge in [0, 0.05) is 13.0 Å². The summed E-state index contributed by atoms with van der Waals surface area (Å²) < 4.78 is 0. The average Bonchev–Trinajstić information content (AvgIpc) is 2.87. The predicted molar refractivity (Wildman–Crippen MR) is 74.7 cm³/mol. The fraction of sp³-hybridized carbons (Fsp3) is 0.250. The molecule has 0 saturated heterocycles. The van der Waals surface area contributed by atoms with E-state index in [1.807, 2.05) is 11.3 Å². The molecule has 3 heterocycles. The molecule has 0 N–H and O–H groups in total. The highest BCUT2D eigenvalue weighted by molar-refractivity contribution is 7.12. The van der Waals surface area contributed by atoms with Crippen molar-refractivity contribution in [1.82, 2.24) is 0 Å². The van der Waals surface area contributed by atoms with Crippen LogP contribution < -0.4 is 0 Å². The van der Waals surface area contributed by atoms with E-state index >= 15 is 0 Å². The van der Waals surface area contributed by atoms with Gasteiger partial charge in [-0.3, -0.25) is 4.99 Å². The molecule has 1 nitrogen and oxygen atoms in total. The normalized spacial score (nSPS) is 13.9. The zero-order chi connectivity index (χ0) is 10.1. The lowest BCUT2D eigenvalue weighted by atomic mass is 10.0. The second-order valence-corrected chi connectivity index (χ2v) is 5.36. The van der Waals surface area contributed by atoms with Crippen LogP contribution in [0.3, 0.4) is 0 Å². The Morgan fingerprint density at radius 2 is 2.19 bits per heavy atom. The molecule has 0 fully saturated rings. The summed E-state index contributed by atoms with van der Waals surface area (Å²) in [7, 11) is 0. The third kappa shape index (κ3) is 2.21. The number of hydrogen-bond donors (Lipinski definition) is 0. The Kier molecular flexibility index (Phi) is 3.79. The van der Waals surface area contributed by atoms with Crippen LogP contribution in [0.5, 0.6) is 0 Å². The molecule has 0 aliphatic carbocycles. The highest BCUT2D eigenvalue weighted by Crippen LogP contribution is 2.24. The molecule has 0 spiro atoms. The summed E-state index contributed by atoms with van der Waals surface area (Å²) in [4.78, 5) is 6.06. The maximum atomic E-state index is 4.65. The maximum Gasteiger partial charge on any atom is 0.0567 e. The van der Waals surface area contributed by atoms with Gasteiger partial charge in [0.1, 0.15) is 0 Å². The molecule has 1 aliphatic rings. The van der Waals surface area contributed by atoms with Crippen molar-refractivity contribution in [1.29, 1.82) is 0 Å². The van der Waals surface area contributed by atoms with Crippen LogP contribution in [0.25, 0.3) is 0 Å². The Labute approximate surface area is 109 Å². The fourth-order valence-corrected chi connectivity index (χ4v) is 3.52. The topological polar surface area (TPSA) is 12.4 Å². The van der Waals surface area contributed by atoms with Gasteiger partial charge < -0.3 is 0 Å². The van der Waals surface area contributed by atoms with Crippen LogP contribution in [0.2, 0.25) is 0 Å².